The van der Waals surface area contributed by atoms with Crippen LogP contribution in [0.25, 0.3) is 0 Å². The van der Waals surface area contributed by atoms with Crippen LogP contribution >= 0.6 is 11.6 Å². The van der Waals surface area contributed by atoms with Crippen LogP contribution in [0.1, 0.15) is 15.9 Å². The summed E-state index contributed by atoms with van der Waals surface area (Å²) < 4.78 is 0. The molecule has 0 aromatic heterocycles. The summed E-state index contributed by atoms with van der Waals surface area (Å²) in [6.07, 6.45) is 0. The molecule has 0 amide bonds. The Bertz CT molecular complexity index is 299. The maximum Gasteiger partial charge on any atom is 1.00 e. The van der Waals surface area contributed by atoms with Gasteiger partial charge in [-0.3, -0.25) is 0 Å². The molecule has 0 fully saturated rings. The molecule has 0 unspecified atom stereocenters. The summed E-state index contributed by atoms with van der Waals surface area (Å²) in [5.74, 6) is -1.24. The molecular weight excluding hydrogens is 203 g/mol. The number of carbonyl (C=O) groups is 1. The van der Waals surface area contributed by atoms with Gasteiger partial charge >= 0.3 is 51.4 Å². The molecular formula is C8H6ClKO2. The first-order chi connectivity index (χ1) is 5.11. The van der Waals surface area contributed by atoms with E-state index in [-0.39, 0.29) is 62.0 Å². The second kappa shape index (κ2) is 5.37. The number of hydrogen-bond donors (Lipinski definition) is 0. The van der Waals surface area contributed by atoms with E-state index >= 15 is 0 Å². The molecule has 12 heavy (non-hydrogen) atoms. The summed E-state index contributed by atoms with van der Waals surface area (Å²) in [4.78, 5) is 10.3. The van der Waals surface area contributed by atoms with Crippen molar-refractivity contribution in [1.29, 1.82) is 0 Å². The van der Waals surface area contributed by atoms with E-state index in [2.05, 4.69) is 0 Å². The molecule has 2 nitrogen and oxygen atoms in total. The average Bonchev–Trinajstić information content (AvgIpc) is 1.85. The van der Waals surface area contributed by atoms with Crippen LogP contribution < -0.4 is 56.5 Å². The molecule has 0 saturated carbocycles. The number of carbonyl (C=O) groups excluding carboxylic acids is 1. The number of aromatic carboxylic acids is 1. The Morgan fingerprint density at radius 1 is 1.50 bits per heavy atom. The maximum absolute atomic E-state index is 10.3. The first-order valence-corrected chi connectivity index (χ1v) is 3.46. The molecule has 0 radical (unpaired) electrons. The molecule has 1 aromatic rings. The SMILES string of the molecule is Cc1ccc(C(=O)[O-])c(Cl)c1.[K+]. The van der Waals surface area contributed by atoms with Crippen LogP contribution in [0.15, 0.2) is 18.2 Å². The topological polar surface area (TPSA) is 40.1 Å². The molecule has 4 heteroatoms. The third kappa shape index (κ3) is 3.16. The van der Waals surface area contributed by atoms with Crippen LogP contribution in [0.4, 0.5) is 0 Å². The quantitative estimate of drug-likeness (QED) is 0.502. The molecule has 0 atom stereocenters. The van der Waals surface area contributed by atoms with Crippen molar-refractivity contribution in [2.24, 2.45) is 0 Å². The predicted molar refractivity (Wildman–Crippen MR) is 40.5 cm³/mol. The van der Waals surface area contributed by atoms with Crippen LogP contribution in [0, 0.1) is 6.92 Å². The van der Waals surface area contributed by atoms with Crippen molar-refractivity contribution in [2.75, 3.05) is 0 Å². The number of carboxylic acids is 1. The van der Waals surface area contributed by atoms with E-state index < -0.39 is 5.97 Å². The van der Waals surface area contributed by atoms with Gasteiger partial charge in [-0.05, 0) is 18.6 Å². The van der Waals surface area contributed by atoms with Crippen molar-refractivity contribution in [2.45, 2.75) is 6.92 Å². The second-order valence-corrected chi connectivity index (χ2v) is 2.68. The van der Waals surface area contributed by atoms with Crippen LogP contribution in [0.3, 0.4) is 0 Å². The minimum Gasteiger partial charge on any atom is -0.545 e. The van der Waals surface area contributed by atoms with Gasteiger partial charge in [0.2, 0.25) is 0 Å². The van der Waals surface area contributed by atoms with E-state index in [0.29, 0.717) is 0 Å². The number of halogens is 1. The van der Waals surface area contributed by atoms with E-state index in [9.17, 15) is 9.90 Å². The zero-order chi connectivity index (χ0) is 8.43. The fourth-order valence-electron chi connectivity index (χ4n) is 0.786. The Morgan fingerprint density at radius 3 is 2.50 bits per heavy atom. The average molecular weight is 209 g/mol. The number of carboxylic acid groups (broad SMARTS) is 1. The number of aryl methyl sites for hydroxylation is 1. The Labute approximate surface area is 118 Å². The molecule has 0 aliphatic heterocycles. The van der Waals surface area contributed by atoms with E-state index in [0.717, 1.165) is 5.56 Å². The fraction of sp³-hybridized carbons (Fsp3) is 0.125. The summed E-state index contributed by atoms with van der Waals surface area (Å²) >= 11 is 5.60. The monoisotopic (exact) mass is 208 g/mol. The first kappa shape index (κ1) is 12.6. The minimum absolute atomic E-state index is 0. The van der Waals surface area contributed by atoms with Crippen LogP contribution in [-0.4, -0.2) is 5.97 Å². The van der Waals surface area contributed by atoms with Crippen molar-refractivity contribution >= 4 is 17.6 Å². The van der Waals surface area contributed by atoms with Crippen molar-refractivity contribution in [3.63, 3.8) is 0 Å². The fourth-order valence-corrected chi connectivity index (χ4v) is 1.10. The van der Waals surface area contributed by atoms with Gasteiger partial charge in [0.25, 0.3) is 0 Å². The van der Waals surface area contributed by atoms with Gasteiger partial charge in [0, 0.05) is 10.6 Å². The van der Waals surface area contributed by atoms with Gasteiger partial charge in [0.1, 0.15) is 0 Å². The summed E-state index contributed by atoms with van der Waals surface area (Å²) in [7, 11) is 0. The van der Waals surface area contributed by atoms with Crippen molar-refractivity contribution < 1.29 is 61.3 Å². The normalized spacial score (nSPS) is 8.83. The Hall–Kier alpha value is 0.616. The Balaban J connectivity index is 0.00000121. The Morgan fingerprint density at radius 2 is 2.08 bits per heavy atom. The van der Waals surface area contributed by atoms with Crippen molar-refractivity contribution in [3.8, 4) is 0 Å². The van der Waals surface area contributed by atoms with Gasteiger partial charge in [0.15, 0.2) is 0 Å². The molecule has 0 spiro atoms. The molecule has 1 aromatic carbocycles. The van der Waals surface area contributed by atoms with E-state index in [1.165, 1.54) is 6.07 Å². The molecule has 0 bridgehead atoms. The summed E-state index contributed by atoms with van der Waals surface area (Å²) in [6, 6.07) is 4.71. The number of rotatable bonds is 1. The molecule has 58 valence electrons. The standard InChI is InChI=1S/C8H7ClO2.K/c1-5-2-3-6(8(10)11)7(9)4-5;/h2-4H,1H3,(H,10,11);/q;+1/p-1. The smallest absolute Gasteiger partial charge is 0.545 e. The molecule has 0 N–H and O–H groups in total. The Kier molecular flexibility index (Phi) is 5.64. The molecule has 1 rings (SSSR count). The maximum atomic E-state index is 10.3. The van der Waals surface area contributed by atoms with Crippen LogP contribution in [0.2, 0.25) is 5.02 Å². The minimum atomic E-state index is -1.24. The third-order valence-electron chi connectivity index (χ3n) is 1.34. The molecule has 0 heterocycles. The van der Waals surface area contributed by atoms with Gasteiger partial charge in [0.05, 0.1) is 5.97 Å². The van der Waals surface area contributed by atoms with Gasteiger partial charge < -0.3 is 9.90 Å². The summed E-state index contributed by atoms with van der Waals surface area (Å²) in [6.45, 7) is 1.84. The second-order valence-electron chi connectivity index (χ2n) is 2.27. The number of benzene rings is 1. The molecule has 0 saturated heterocycles. The molecule has 0 aliphatic rings. The van der Waals surface area contributed by atoms with Crippen molar-refractivity contribution in [3.05, 3.63) is 34.3 Å². The zero-order valence-electron chi connectivity index (χ0n) is 6.93. The van der Waals surface area contributed by atoms with Crippen molar-refractivity contribution in [1.82, 2.24) is 0 Å². The summed E-state index contributed by atoms with van der Waals surface area (Å²) in [5, 5.41) is 10.6. The van der Waals surface area contributed by atoms with Crippen LogP contribution in [0.5, 0.6) is 0 Å². The van der Waals surface area contributed by atoms with E-state index in [1.807, 2.05) is 6.92 Å². The number of hydrogen-bond acceptors (Lipinski definition) is 2. The van der Waals surface area contributed by atoms with Gasteiger partial charge in [-0.15, -0.1) is 0 Å². The van der Waals surface area contributed by atoms with E-state index in [4.69, 9.17) is 11.6 Å². The summed E-state index contributed by atoms with van der Waals surface area (Å²) in [5.41, 5.74) is 0.970. The zero-order valence-corrected chi connectivity index (χ0v) is 10.8. The van der Waals surface area contributed by atoms with Gasteiger partial charge in [-0.2, -0.15) is 0 Å². The predicted octanol–water partition coefficient (Wildman–Crippen LogP) is -1.98. The largest absolute Gasteiger partial charge is 1.00 e. The van der Waals surface area contributed by atoms with Crippen LogP contribution in [-0.2, 0) is 0 Å². The van der Waals surface area contributed by atoms with E-state index in [1.54, 1.807) is 12.1 Å². The molecule has 0 aliphatic carbocycles. The third-order valence-corrected chi connectivity index (χ3v) is 1.66. The van der Waals surface area contributed by atoms with Gasteiger partial charge in [-0.1, -0.05) is 23.7 Å². The van der Waals surface area contributed by atoms with Gasteiger partial charge in [-0.25, -0.2) is 0 Å². The first-order valence-electron chi connectivity index (χ1n) is 3.09.